The molecule has 1 unspecified atom stereocenters. The van der Waals surface area contributed by atoms with Gasteiger partial charge in [0, 0.05) is 17.8 Å². The molecule has 2 aromatic rings. The molecule has 26 heavy (non-hydrogen) atoms. The number of benzene rings is 2. The molecule has 5 nitrogen and oxygen atoms in total. The molecule has 0 spiro atoms. The minimum atomic E-state index is -0.322. The first-order chi connectivity index (χ1) is 12.7. The average molecular weight is 350 g/mol. The first kappa shape index (κ1) is 16.6. The number of amides is 2. The normalized spacial score (nSPS) is 17.7. The van der Waals surface area contributed by atoms with Gasteiger partial charge in [0.1, 0.15) is 6.61 Å². The molecule has 1 heterocycles. The summed E-state index contributed by atoms with van der Waals surface area (Å²) in [6.07, 6.45) is 2.58. The predicted molar refractivity (Wildman–Crippen MR) is 100 cm³/mol. The topological polar surface area (TPSA) is 58.6 Å². The molecule has 0 aromatic heterocycles. The van der Waals surface area contributed by atoms with Crippen LogP contribution in [-0.2, 0) is 9.53 Å². The van der Waals surface area contributed by atoms with Crippen molar-refractivity contribution >= 4 is 23.4 Å². The van der Waals surface area contributed by atoms with Crippen molar-refractivity contribution in [1.29, 1.82) is 0 Å². The molecule has 4 rings (SSSR count). The molecule has 1 saturated carbocycles. The molecule has 5 heteroatoms. The van der Waals surface area contributed by atoms with Crippen LogP contribution in [0.15, 0.2) is 54.6 Å². The van der Waals surface area contributed by atoms with Gasteiger partial charge < -0.3 is 10.1 Å². The lowest BCUT2D eigenvalue weighted by Crippen LogP contribution is -2.23. The number of nitrogens with one attached hydrogen (secondary N) is 1. The zero-order valence-corrected chi connectivity index (χ0v) is 14.6. The largest absolute Gasteiger partial charge is 0.447 e. The average Bonchev–Trinajstić information content (AvgIpc) is 3.42. The van der Waals surface area contributed by atoms with E-state index in [1.807, 2.05) is 42.5 Å². The highest BCUT2D eigenvalue weighted by Crippen LogP contribution is 2.44. The van der Waals surface area contributed by atoms with Gasteiger partial charge in [-0.25, -0.2) is 4.79 Å². The number of carbonyl (C=O) groups is 2. The molecule has 1 N–H and O–H groups in total. The third-order valence-electron chi connectivity index (χ3n) is 5.05. The van der Waals surface area contributed by atoms with Crippen molar-refractivity contribution in [2.45, 2.75) is 25.2 Å². The summed E-state index contributed by atoms with van der Waals surface area (Å²) in [6, 6.07) is 17.6. The van der Waals surface area contributed by atoms with Gasteiger partial charge in [0.25, 0.3) is 0 Å². The first-order valence-electron chi connectivity index (χ1n) is 9.10. The highest BCUT2D eigenvalue weighted by atomic mass is 16.6. The maximum atomic E-state index is 12.5. The number of rotatable bonds is 6. The zero-order valence-electron chi connectivity index (χ0n) is 14.6. The van der Waals surface area contributed by atoms with Crippen molar-refractivity contribution in [2.75, 3.05) is 23.4 Å². The highest BCUT2D eigenvalue weighted by Gasteiger charge is 2.33. The molecule has 2 fully saturated rings. The van der Waals surface area contributed by atoms with Crippen molar-refractivity contribution in [2.24, 2.45) is 5.92 Å². The second-order valence-corrected chi connectivity index (χ2v) is 6.92. The number of anilines is 2. The Kier molecular flexibility index (Phi) is 4.61. The van der Waals surface area contributed by atoms with Gasteiger partial charge in [-0.3, -0.25) is 9.69 Å². The van der Waals surface area contributed by atoms with E-state index in [0.29, 0.717) is 25.5 Å². The van der Waals surface area contributed by atoms with Crippen LogP contribution in [0.25, 0.3) is 0 Å². The van der Waals surface area contributed by atoms with E-state index in [9.17, 15) is 9.59 Å². The quantitative estimate of drug-likeness (QED) is 0.851. The van der Waals surface area contributed by atoms with Crippen LogP contribution in [0.2, 0.25) is 0 Å². The molecule has 2 aromatic carbocycles. The molecule has 134 valence electrons. The minimum Gasteiger partial charge on any atom is -0.447 e. The second-order valence-electron chi connectivity index (χ2n) is 6.92. The fraction of sp³-hybridized carbons (Fsp3) is 0.333. The van der Waals surface area contributed by atoms with E-state index in [2.05, 4.69) is 17.4 Å². The van der Waals surface area contributed by atoms with Crippen molar-refractivity contribution in [3.8, 4) is 0 Å². The van der Waals surface area contributed by atoms with E-state index in [1.54, 1.807) is 4.90 Å². The molecule has 1 aliphatic heterocycles. The fourth-order valence-corrected chi connectivity index (χ4v) is 3.52. The molecule has 1 aliphatic carbocycles. The monoisotopic (exact) mass is 350 g/mol. The highest BCUT2D eigenvalue weighted by molar-refractivity contribution is 5.93. The Bertz CT molecular complexity index is 785. The van der Waals surface area contributed by atoms with E-state index in [1.165, 1.54) is 18.4 Å². The maximum Gasteiger partial charge on any atom is 0.414 e. The summed E-state index contributed by atoms with van der Waals surface area (Å²) in [5.74, 6) is 0.931. The lowest BCUT2D eigenvalue weighted by atomic mass is 9.91. The SMILES string of the molecule is O=C(CC(c1ccccc1)C1CC1)Nc1ccc(N2CCOC2=O)cc1. The lowest BCUT2D eigenvalue weighted by molar-refractivity contribution is -0.116. The number of hydrogen-bond donors (Lipinski definition) is 1. The predicted octanol–water partition coefficient (Wildman–Crippen LogP) is 4.17. The molecule has 2 amide bonds. The Balaban J connectivity index is 1.39. The number of cyclic esters (lactones) is 1. The third kappa shape index (κ3) is 3.72. The van der Waals surface area contributed by atoms with E-state index < -0.39 is 0 Å². The van der Waals surface area contributed by atoms with Gasteiger partial charge in [0.2, 0.25) is 5.91 Å². The summed E-state index contributed by atoms with van der Waals surface area (Å²) in [4.78, 5) is 25.7. The van der Waals surface area contributed by atoms with Crippen LogP contribution in [0, 0.1) is 5.92 Å². The molecule has 0 radical (unpaired) electrons. The van der Waals surface area contributed by atoms with Crippen LogP contribution in [0.1, 0.15) is 30.7 Å². The number of carbonyl (C=O) groups excluding carboxylic acids is 2. The Hall–Kier alpha value is -2.82. The van der Waals surface area contributed by atoms with Gasteiger partial charge in [0.15, 0.2) is 0 Å². The minimum absolute atomic E-state index is 0.0269. The molecule has 2 aliphatic rings. The summed E-state index contributed by atoms with van der Waals surface area (Å²) < 4.78 is 4.95. The molecular weight excluding hydrogens is 328 g/mol. The maximum absolute atomic E-state index is 12.5. The third-order valence-corrected chi connectivity index (χ3v) is 5.05. The van der Waals surface area contributed by atoms with Gasteiger partial charge in [-0.1, -0.05) is 30.3 Å². The fourth-order valence-electron chi connectivity index (χ4n) is 3.52. The van der Waals surface area contributed by atoms with E-state index in [4.69, 9.17) is 4.74 Å². The number of hydrogen-bond acceptors (Lipinski definition) is 3. The van der Waals surface area contributed by atoms with Crippen molar-refractivity contribution < 1.29 is 14.3 Å². The summed E-state index contributed by atoms with van der Waals surface area (Å²) in [6.45, 7) is 0.976. The summed E-state index contributed by atoms with van der Waals surface area (Å²) >= 11 is 0. The Morgan fingerprint density at radius 2 is 1.85 bits per heavy atom. The van der Waals surface area contributed by atoms with Crippen molar-refractivity contribution in [1.82, 2.24) is 0 Å². The molecular formula is C21H22N2O3. The summed E-state index contributed by atoms with van der Waals surface area (Å²) in [5, 5.41) is 2.98. The lowest BCUT2D eigenvalue weighted by Gasteiger charge is -2.17. The Morgan fingerprint density at radius 3 is 2.46 bits per heavy atom. The van der Waals surface area contributed by atoms with E-state index >= 15 is 0 Å². The first-order valence-corrected chi connectivity index (χ1v) is 9.10. The van der Waals surface area contributed by atoms with Crippen molar-refractivity contribution in [3.63, 3.8) is 0 Å². The standard InChI is InChI=1S/C21H22N2O3/c24-20(14-19(16-6-7-16)15-4-2-1-3-5-15)22-17-8-10-18(11-9-17)23-12-13-26-21(23)25/h1-5,8-11,16,19H,6-7,12-14H2,(H,22,24). The van der Waals surface area contributed by atoms with Gasteiger partial charge in [0.05, 0.1) is 6.54 Å². The van der Waals surface area contributed by atoms with Gasteiger partial charge in [-0.15, -0.1) is 0 Å². The number of ether oxygens (including phenoxy) is 1. The molecule has 0 bridgehead atoms. The van der Waals surface area contributed by atoms with Gasteiger partial charge in [-0.05, 0) is 54.5 Å². The van der Waals surface area contributed by atoms with Crippen LogP contribution in [-0.4, -0.2) is 25.2 Å². The van der Waals surface area contributed by atoms with Crippen LogP contribution in [0.5, 0.6) is 0 Å². The van der Waals surface area contributed by atoms with Crippen LogP contribution in [0.3, 0.4) is 0 Å². The van der Waals surface area contributed by atoms with Crippen molar-refractivity contribution in [3.05, 3.63) is 60.2 Å². The second kappa shape index (κ2) is 7.20. The zero-order chi connectivity index (χ0) is 17.9. The summed E-state index contributed by atoms with van der Waals surface area (Å²) in [7, 11) is 0. The van der Waals surface area contributed by atoms with Crippen LogP contribution in [0.4, 0.5) is 16.2 Å². The Labute approximate surface area is 153 Å². The Morgan fingerprint density at radius 1 is 1.12 bits per heavy atom. The smallest absolute Gasteiger partial charge is 0.414 e. The van der Waals surface area contributed by atoms with Gasteiger partial charge >= 0.3 is 6.09 Å². The van der Waals surface area contributed by atoms with E-state index in [0.717, 1.165) is 11.4 Å². The van der Waals surface area contributed by atoms with Crippen LogP contribution < -0.4 is 10.2 Å². The molecule has 1 saturated heterocycles. The molecule has 1 atom stereocenters. The van der Waals surface area contributed by atoms with E-state index in [-0.39, 0.29) is 17.9 Å². The number of nitrogens with zero attached hydrogens (tertiary/aromatic N) is 1. The summed E-state index contributed by atoms with van der Waals surface area (Å²) in [5.41, 5.74) is 2.77. The van der Waals surface area contributed by atoms with Gasteiger partial charge in [-0.2, -0.15) is 0 Å². The van der Waals surface area contributed by atoms with Crippen LogP contribution >= 0.6 is 0 Å².